The fraction of sp³-hybridized carbons (Fsp3) is 0.393. The van der Waals surface area contributed by atoms with Crippen molar-refractivity contribution in [3.05, 3.63) is 58.8 Å². The highest BCUT2D eigenvalue weighted by Crippen LogP contribution is 2.48. The highest BCUT2D eigenvalue weighted by Gasteiger charge is 2.45. The summed E-state index contributed by atoms with van der Waals surface area (Å²) in [7, 11) is 4.62. The number of esters is 1. The second-order valence-corrected chi connectivity index (χ2v) is 8.89. The molecule has 0 saturated heterocycles. The summed E-state index contributed by atoms with van der Waals surface area (Å²) in [6, 6.07) is 10.6. The van der Waals surface area contributed by atoms with Crippen LogP contribution in [0.1, 0.15) is 49.7 Å². The summed E-state index contributed by atoms with van der Waals surface area (Å²) in [4.78, 5) is 31.5. The lowest BCUT2D eigenvalue weighted by atomic mass is 9.69. The van der Waals surface area contributed by atoms with E-state index in [0.29, 0.717) is 40.5 Å². The number of hydrogen-bond donors (Lipinski definition) is 1. The molecule has 2 aromatic rings. The Morgan fingerprint density at radius 2 is 1.64 bits per heavy atom. The number of phenolic OH excluding ortho intramolecular Hbond substituents is 1. The Bertz CT molecular complexity index is 1250. The van der Waals surface area contributed by atoms with E-state index in [-0.39, 0.29) is 36.2 Å². The molecule has 4 rings (SSSR count). The van der Waals surface area contributed by atoms with Gasteiger partial charge in [0.25, 0.3) is 0 Å². The van der Waals surface area contributed by atoms with E-state index in [2.05, 4.69) is 0 Å². The molecule has 2 aromatic carbocycles. The maximum absolute atomic E-state index is 13.7. The van der Waals surface area contributed by atoms with Crippen molar-refractivity contribution in [2.24, 2.45) is 10.9 Å². The Morgan fingerprint density at radius 1 is 0.972 bits per heavy atom. The van der Waals surface area contributed by atoms with E-state index in [1.54, 1.807) is 40.2 Å². The number of ketones is 1. The first-order chi connectivity index (χ1) is 17.3. The quantitative estimate of drug-likeness (QED) is 0.564. The Morgan fingerprint density at radius 3 is 2.31 bits per heavy atom. The third-order valence-electron chi connectivity index (χ3n) is 6.87. The number of aliphatic imine (C=N–C) groups is 1. The van der Waals surface area contributed by atoms with E-state index >= 15 is 0 Å². The number of ether oxygens (including phenoxy) is 4. The van der Waals surface area contributed by atoms with Crippen molar-refractivity contribution in [1.82, 2.24) is 0 Å². The minimum absolute atomic E-state index is 0.0205. The summed E-state index contributed by atoms with van der Waals surface area (Å²) < 4.78 is 21.5. The lowest BCUT2D eigenvalue weighted by Crippen LogP contribution is -2.38. The van der Waals surface area contributed by atoms with Crippen LogP contribution in [-0.4, -0.2) is 50.5 Å². The van der Waals surface area contributed by atoms with Gasteiger partial charge in [-0.1, -0.05) is 12.1 Å². The molecule has 0 bridgehead atoms. The Labute approximate surface area is 210 Å². The van der Waals surface area contributed by atoms with Gasteiger partial charge in [0.2, 0.25) is 0 Å². The van der Waals surface area contributed by atoms with Crippen LogP contribution >= 0.6 is 0 Å². The van der Waals surface area contributed by atoms with Crippen LogP contribution < -0.4 is 14.2 Å². The Kier molecular flexibility index (Phi) is 7.33. The maximum Gasteiger partial charge on any atom is 0.315 e. The number of hydrogen-bond acceptors (Lipinski definition) is 8. The van der Waals surface area contributed by atoms with Crippen LogP contribution in [-0.2, 0) is 14.3 Å². The maximum atomic E-state index is 13.7. The molecular formula is C28H31NO7. The zero-order valence-electron chi connectivity index (χ0n) is 21.2. The average molecular weight is 494 g/mol. The number of methoxy groups -OCH3 is 3. The van der Waals surface area contributed by atoms with Gasteiger partial charge >= 0.3 is 5.97 Å². The van der Waals surface area contributed by atoms with Crippen molar-refractivity contribution in [3.8, 4) is 23.0 Å². The van der Waals surface area contributed by atoms with Crippen molar-refractivity contribution < 1.29 is 33.6 Å². The van der Waals surface area contributed by atoms with Gasteiger partial charge < -0.3 is 24.1 Å². The summed E-state index contributed by atoms with van der Waals surface area (Å²) in [6.45, 7) is 3.76. The van der Waals surface area contributed by atoms with Crippen LogP contribution in [0.25, 0.3) is 0 Å². The van der Waals surface area contributed by atoms with Gasteiger partial charge in [-0.15, -0.1) is 0 Å². The number of Topliss-reactive ketones (excluding diaryl/α,β-unsaturated/α-hetero) is 1. The zero-order chi connectivity index (χ0) is 26.0. The second-order valence-electron chi connectivity index (χ2n) is 8.89. The predicted octanol–water partition coefficient (Wildman–Crippen LogP) is 4.56. The number of nitrogens with zero attached hydrogens (tertiary/aromatic N) is 1. The van der Waals surface area contributed by atoms with Gasteiger partial charge in [0.15, 0.2) is 28.8 Å². The minimum Gasteiger partial charge on any atom is -0.504 e. The van der Waals surface area contributed by atoms with Crippen molar-refractivity contribution in [3.63, 3.8) is 0 Å². The summed E-state index contributed by atoms with van der Waals surface area (Å²) in [6.07, 6.45) is 0.805. The van der Waals surface area contributed by atoms with Crippen LogP contribution in [0, 0.1) is 5.92 Å². The van der Waals surface area contributed by atoms with E-state index in [4.69, 9.17) is 23.9 Å². The Hall–Kier alpha value is -3.81. The standard InChI is InChI=1S/C28H31NO7/c1-6-36-28(32)25-15(2)29-19-11-18(16-8-10-22(33-3)24(13-16)35-5)12-21(31)27(19)26(25)17-7-9-20(30)23(14-17)34-4/h7-10,13-14,18,25-26,30H,6,11-12H2,1-5H3/t18-,25?,26-/m0/s1. The molecule has 1 aliphatic carbocycles. The normalized spacial score (nSPS) is 21.4. The first kappa shape index (κ1) is 25.3. The van der Waals surface area contributed by atoms with E-state index in [1.807, 2.05) is 18.2 Å². The topological polar surface area (TPSA) is 104 Å². The number of rotatable bonds is 7. The van der Waals surface area contributed by atoms with Crippen LogP contribution in [0.5, 0.6) is 23.0 Å². The van der Waals surface area contributed by atoms with Gasteiger partial charge in [0.1, 0.15) is 5.92 Å². The third-order valence-corrected chi connectivity index (χ3v) is 6.87. The molecule has 0 radical (unpaired) electrons. The van der Waals surface area contributed by atoms with Crippen LogP contribution in [0.2, 0.25) is 0 Å². The van der Waals surface area contributed by atoms with Crippen molar-refractivity contribution in [1.29, 1.82) is 0 Å². The molecule has 190 valence electrons. The number of allylic oxidation sites excluding steroid dienone is 2. The smallest absolute Gasteiger partial charge is 0.315 e. The molecule has 1 heterocycles. The van der Waals surface area contributed by atoms with Gasteiger partial charge in [-0.05, 0) is 61.6 Å². The molecule has 0 saturated carbocycles. The number of benzene rings is 2. The van der Waals surface area contributed by atoms with E-state index in [1.165, 1.54) is 13.2 Å². The number of phenols is 1. The number of aromatic hydroxyl groups is 1. The molecule has 3 atom stereocenters. The van der Waals surface area contributed by atoms with E-state index < -0.39 is 17.8 Å². The molecule has 2 aliphatic rings. The molecule has 0 spiro atoms. The molecule has 1 unspecified atom stereocenters. The first-order valence-corrected chi connectivity index (χ1v) is 11.9. The fourth-order valence-electron chi connectivity index (χ4n) is 5.19. The third kappa shape index (κ3) is 4.55. The largest absolute Gasteiger partial charge is 0.504 e. The second kappa shape index (κ2) is 10.4. The van der Waals surface area contributed by atoms with Crippen molar-refractivity contribution in [2.45, 2.75) is 38.5 Å². The Balaban J connectivity index is 1.80. The number of carbonyl (C=O) groups excluding carboxylic acids is 2. The molecule has 8 heteroatoms. The van der Waals surface area contributed by atoms with E-state index in [0.717, 1.165) is 5.56 Å². The highest BCUT2D eigenvalue weighted by molar-refractivity contribution is 6.09. The molecular weight excluding hydrogens is 462 g/mol. The minimum atomic E-state index is -0.750. The molecule has 0 fully saturated rings. The molecule has 1 N–H and O–H groups in total. The van der Waals surface area contributed by atoms with Gasteiger partial charge in [-0.3, -0.25) is 14.6 Å². The lowest BCUT2D eigenvalue weighted by Gasteiger charge is -2.36. The molecule has 1 aliphatic heterocycles. The molecule has 8 nitrogen and oxygen atoms in total. The SMILES string of the molecule is CCOC(=O)C1C(C)=NC2=C(C(=O)C[C@@H](c3ccc(OC)c(OC)c3)C2)[C@H]1c1ccc(O)c(OC)c1. The van der Waals surface area contributed by atoms with Gasteiger partial charge in [-0.2, -0.15) is 0 Å². The lowest BCUT2D eigenvalue weighted by molar-refractivity contribution is -0.146. The summed E-state index contributed by atoms with van der Waals surface area (Å²) in [5.41, 5.74) is 3.41. The summed E-state index contributed by atoms with van der Waals surface area (Å²) in [5.74, 6) is -0.478. The monoisotopic (exact) mass is 493 g/mol. The molecule has 0 aromatic heterocycles. The predicted molar refractivity (Wildman–Crippen MR) is 134 cm³/mol. The number of carbonyl (C=O) groups is 2. The van der Waals surface area contributed by atoms with Gasteiger partial charge in [-0.25, -0.2) is 0 Å². The summed E-state index contributed by atoms with van der Waals surface area (Å²) in [5, 5.41) is 10.1. The zero-order valence-corrected chi connectivity index (χ0v) is 21.2. The van der Waals surface area contributed by atoms with Crippen LogP contribution in [0.4, 0.5) is 0 Å². The average Bonchev–Trinajstić information content (AvgIpc) is 2.87. The first-order valence-electron chi connectivity index (χ1n) is 11.9. The van der Waals surface area contributed by atoms with Gasteiger partial charge in [0.05, 0.1) is 27.9 Å². The molecule has 0 amide bonds. The van der Waals surface area contributed by atoms with Crippen molar-refractivity contribution in [2.75, 3.05) is 27.9 Å². The van der Waals surface area contributed by atoms with Gasteiger partial charge in [0, 0.05) is 29.3 Å². The van der Waals surface area contributed by atoms with E-state index in [9.17, 15) is 14.7 Å². The molecule has 36 heavy (non-hydrogen) atoms. The van der Waals surface area contributed by atoms with Crippen molar-refractivity contribution >= 4 is 17.5 Å². The summed E-state index contributed by atoms with van der Waals surface area (Å²) >= 11 is 0. The fourth-order valence-corrected chi connectivity index (χ4v) is 5.19. The van der Waals surface area contributed by atoms with Crippen LogP contribution in [0.15, 0.2) is 52.7 Å². The van der Waals surface area contributed by atoms with Crippen LogP contribution in [0.3, 0.4) is 0 Å². The highest BCUT2D eigenvalue weighted by atomic mass is 16.5.